The molecule has 5 nitrogen and oxygen atoms in total. The van der Waals surface area contributed by atoms with Gasteiger partial charge < -0.3 is 15.4 Å². The van der Waals surface area contributed by atoms with Gasteiger partial charge in [0.25, 0.3) is 5.91 Å². The summed E-state index contributed by atoms with van der Waals surface area (Å²) in [6.45, 7) is -0.210. The van der Waals surface area contributed by atoms with E-state index in [0.717, 1.165) is 12.8 Å². The summed E-state index contributed by atoms with van der Waals surface area (Å²) in [5, 5.41) is 6.40. The SMILES string of the molecule is O=C(COc1cc(Cl)ccc1Cl)Nc1cccc(NC(=O)C2CC2)c1. The first-order valence-corrected chi connectivity index (χ1v) is 8.55. The highest BCUT2D eigenvalue weighted by Crippen LogP contribution is 2.30. The minimum Gasteiger partial charge on any atom is -0.482 e. The highest BCUT2D eigenvalue weighted by molar-refractivity contribution is 6.34. The Bertz CT molecular complexity index is 807. The van der Waals surface area contributed by atoms with Gasteiger partial charge in [0.1, 0.15) is 5.75 Å². The number of benzene rings is 2. The summed E-state index contributed by atoms with van der Waals surface area (Å²) in [6, 6.07) is 11.7. The second-order valence-corrected chi connectivity index (χ2v) is 6.60. The van der Waals surface area contributed by atoms with Gasteiger partial charge in [-0.15, -0.1) is 0 Å². The van der Waals surface area contributed by atoms with E-state index in [1.165, 1.54) is 0 Å². The summed E-state index contributed by atoms with van der Waals surface area (Å²) >= 11 is 11.9. The van der Waals surface area contributed by atoms with Crippen LogP contribution in [0.5, 0.6) is 5.75 Å². The van der Waals surface area contributed by atoms with Gasteiger partial charge in [-0.3, -0.25) is 9.59 Å². The second-order valence-electron chi connectivity index (χ2n) is 5.76. The van der Waals surface area contributed by atoms with Gasteiger partial charge in [0.15, 0.2) is 6.61 Å². The van der Waals surface area contributed by atoms with E-state index in [1.807, 2.05) is 0 Å². The summed E-state index contributed by atoms with van der Waals surface area (Å²) in [5.74, 6) is 0.132. The van der Waals surface area contributed by atoms with Crippen molar-refractivity contribution >= 4 is 46.4 Å². The molecule has 1 fully saturated rings. The van der Waals surface area contributed by atoms with Gasteiger partial charge in [-0.25, -0.2) is 0 Å². The maximum absolute atomic E-state index is 12.0. The number of carbonyl (C=O) groups excluding carboxylic acids is 2. The number of anilines is 2. The molecule has 0 atom stereocenters. The fourth-order valence-corrected chi connectivity index (χ4v) is 2.53. The van der Waals surface area contributed by atoms with E-state index in [1.54, 1.807) is 42.5 Å². The molecule has 0 spiro atoms. The molecule has 2 aromatic rings. The van der Waals surface area contributed by atoms with E-state index in [4.69, 9.17) is 27.9 Å². The Morgan fingerprint density at radius 3 is 2.48 bits per heavy atom. The largest absolute Gasteiger partial charge is 0.482 e. The van der Waals surface area contributed by atoms with Crippen LogP contribution in [0.3, 0.4) is 0 Å². The molecule has 2 aromatic carbocycles. The number of ether oxygens (including phenoxy) is 1. The van der Waals surface area contributed by atoms with Crippen molar-refractivity contribution in [2.45, 2.75) is 12.8 Å². The van der Waals surface area contributed by atoms with Crippen molar-refractivity contribution in [3.63, 3.8) is 0 Å². The zero-order valence-electron chi connectivity index (χ0n) is 13.2. The molecule has 7 heteroatoms. The lowest BCUT2D eigenvalue weighted by Gasteiger charge is -2.10. The topological polar surface area (TPSA) is 67.4 Å². The molecular formula is C18H16Cl2N2O3. The highest BCUT2D eigenvalue weighted by Gasteiger charge is 2.29. The first-order valence-electron chi connectivity index (χ1n) is 7.80. The van der Waals surface area contributed by atoms with Gasteiger partial charge >= 0.3 is 0 Å². The number of rotatable bonds is 6. The van der Waals surface area contributed by atoms with Crippen LogP contribution in [0.15, 0.2) is 42.5 Å². The Balaban J connectivity index is 1.55. The van der Waals surface area contributed by atoms with E-state index < -0.39 is 0 Å². The molecule has 2 amide bonds. The monoisotopic (exact) mass is 378 g/mol. The Kier molecular flexibility index (Phi) is 5.46. The smallest absolute Gasteiger partial charge is 0.262 e. The lowest BCUT2D eigenvalue weighted by molar-refractivity contribution is -0.118. The van der Waals surface area contributed by atoms with Crippen LogP contribution in [-0.2, 0) is 9.59 Å². The molecule has 0 heterocycles. The fraction of sp³-hybridized carbons (Fsp3) is 0.222. The maximum Gasteiger partial charge on any atom is 0.262 e. The van der Waals surface area contributed by atoms with Gasteiger partial charge in [0.05, 0.1) is 5.02 Å². The van der Waals surface area contributed by atoms with Crippen LogP contribution < -0.4 is 15.4 Å². The van der Waals surface area contributed by atoms with E-state index in [9.17, 15) is 9.59 Å². The van der Waals surface area contributed by atoms with Crippen LogP contribution in [0.1, 0.15) is 12.8 Å². The number of halogens is 2. The number of amides is 2. The lowest BCUT2D eigenvalue weighted by Crippen LogP contribution is -2.20. The van der Waals surface area contributed by atoms with Gasteiger partial charge in [-0.2, -0.15) is 0 Å². The molecule has 25 heavy (non-hydrogen) atoms. The van der Waals surface area contributed by atoms with Crippen molar-refractivity contribution in [1.29, 1.82) is 0 Å². The summed E-state index contributed by atoms with van der Waals surface area (Å²) in [4.78, 5) is 23.8. The van der Waals surface area contributed by atoms with Crippen molar-refractivity contribution in [2.75, 3.05) is 17.2 Å². The first-order chi connectivity index (χ1) is 12.0. The third kappa shape index (κ3) is 5.11. The Labute approximate surface area is 155 Å². The number of carbonyl (C=O) groups is 2. The lowest BCUT2D eigenvalue weighted by atomic mass is 10.2. The van der Waals surface area contributed by atoms with Crippen LogP contribution >= 0.6 is 23.2 Å². The third-order valence-corrected chi connectivity index (χ3v) is 4.16. The van der Waals surface area contributed by atoms with E-state index in [2.05, 4.69) is 10.6 Å². The number of hydrogen-bond acceptors (Lipinski definition) is 3. The van der Waals surface area contributed by atoms with Crippen molar-refractivity contribution in [2.24, 2.45) is 5.92 Å². The predicted molar refractivity (Wildman–Crippen MR) is 98.4 cm³/mol. The first kappa shape index (κ1) is 17.6. The van der Waals surface area contributed by atoms with Crippen molar-refractivity contribution in [3.8, 4) is 5.75 Å². The van der Waals surface area contributed by atoms with Crippen LogP contribution in [-0.4, -0.2) is 18.4 Å². The van der Waals surface area contributed by atoms with Crippen LogP contribution in [0.25, 0.3) is 0 Å². The molecule has 1 aliphatic rings. The van der Waals surface area contributed by atoms with Crippen molar-refractivity contribution in [3.05, 3.63) is 52.5 Å². The quantitative estimate of drug-likeness (QED) is 0.784. The minimum atomic E-state index is -0.346. The minimum absolute atomic E-state index is 0.0161. The van der Waals surface area contributed by atoms with Gasteiger partial charge in [0.2, 0.25) is 5.91 Å². The van der Waals surface area contributed by atoms with Crippen LogP contribution in [0.2, 0.25) is 10.0 Å². The average Bonchev–Trinajstić information content (AvgIpc) is 3.41. The molecule has 0 radical (unpaired) electrons. The summed E-state index contributed by atoms with van der Waals surface area (Å²) < 4.78 is 5.39. The Morgan fingerprint density at radius 1 is 1.04 bits per heavy atom. The average molecular weight is 379 g/mol. The molecule has 130 valence electrons. The molecule has 1 aliphatic carbocycles. The summed E-state index contributed by atoms with van der Waals surface area (Å²) in [6.07, 6.45) is 1.87. The Hall–Kier alpha value is -2.24. The van der Waals surface area contributed by atoms with Crippen LogP contribution in [0, 0.1) is 5.92 Å². The van der Waals surface area contributed by atoms with E-state index in [0.29, 0.717) is 27.2 Å². The van der Waals surface area contributed by atoms with Crippen molar-refractivity contribution in [1.82, 2.24) is 0 Å². The zero-order chi connectivity index (χ0) is 17.8. The summed E-state index contributed by atoms with van der Waals surface area (Å²) in [5.41, 5.74) is 1.22. The highest BCUT2D eigenvalue weighted by atomic mass is 35.5. The molecule has 0 saturated heterocycles. The third-order valence-electron chi connectivity index (χ3n) is 3.61. The molecule has 0 unspecified atom stereocenters. The molecule has 2 N–H and O–H groups in total. The van der Waals surface area contributed by atoms with Crippen molar-refractivity contribution < 1.29 is 14.3 Å². The molecule has 0 aliphatic heterocycles. The molecule has 0 aromatic heterocycles. The Morgan fingerprint density at radius 2 is 1.76 bits per heavy atom. The fourth-order valence-electron chi connectivity index (χ4n) is 2.19. The van der Waals surface area contributed by atoms with Gasteiger partial charge in [0, 0.05) is 28.4 Å². The number of hydrogen-bond donors (Lipinski definition) is 2. The predicted octanol–water partition coefficient (Wildman–Crippen LogP) is 4.36. The summed E-state index contributed by atoms with van der Waals surface area (Å²) in [7, 11) is 0. The molecular weight excluding hydrogens is 363 g/mol. The van der Waals surface area contributed by atoms with Crippen LogP contribution in [0.4, 0.5) is 11.4 Å². The second kappa shape index (κ2) is 7.76. The zero-order valence-corrected chi connectivity index (χ0v) is 14.7. The van der Waals surface area contributed by atoms with E-state index >= 15 is 0 Å². The molecule has 3 rings (SSSR count). The van der Waals surface area contributed by atoms with E-state index in [-0.39, 0.29) is 24.3 Å². The van der Waals surface area contributed by atoms with Gasteiger partial charge in [-0.1, -0.05) is 29.3 Å². The normalized spacial score (nSPS) is 13.2. The maximum atomic E-state index is 12.0. The molecule has 1 saturated carbocycles. The molecule has 0 bridgehead atoms. The standard InChI is InChI=1S/C18H16Cl2N2O3/c19-12-6-7-15(20)16(8-12)25-10-17(23)21-13-2-1-3-14(9-13)22-18(24)11-4-5-11/h1-3,6-9,11H,4-5,10H2,(H,21,23)(H,22,24). The number of nitrogens with one attached hydrogen (secondary N) is 2. The van der Waals surface area contributed by atoms with Gasteiger partial charge in [-0.05, 0) is 43.2 Å².